The van der Waals surface area contributed by atoms with Crippen LogP contribution >= 0.6 is 0 Å². The van der Waals surface area contributed by atoms with Gasteiger partial charge in [0, 0.05) is 12.0 Å². The van der Waals surface area contributed by atoms with E-state index in [-0.39, 0.29) is 29.8 Å². The number of nitrogens with one attached hydrogen (secondary N) is 2. The average Bonchev–Trinajstić information content (AvgIpc) is 3.26. The van der Waals surface area contributed by atoms with Gasteiger partial charge in [-0.15, -0.1) is 0 Å². The fraction of sp³-hybridized carbons (Fsp3) is 0.750. The molecule has 1 aromatic heterocycles. The van der Waals surface area contributed by atoms with Crippen molar-refractivity contribution in [2.24, 2.45) is 23.2 Å². The van der Waals surface area contributed by atoms with Crippen molar-refractivity contribution in [1.82, 2.24) is 15.5 Å². The number of carbonyl (C=O) groups excluding carboxylic acids is 2. The Morgan fingerprint density at radius 2 is 1.70 bits per heavy atom. The molecule has 6 nitrogen and oxygen atoms in total. The summed E-state index contributed by atoms with van der Waals surface area (Å²) in [5, 5.41) is 6.03. The van der Waals surface area contributed by atoms with Crippen molar-refractivity contribution in [2.45, 2.75) is 63.8 Å². The summed E-state index contributed by atoms with van der Waals surface area (Å²) in [4.78, 5) is 28.0. The molecule has 1 aromatic rings. The van der Waals surface area contributed by atoms with Gasteiger partial charge in [-0.05, 0) is 94.3 Å². The van der Waals surface area contributed by atoms with E-state index in [0.29, 0.717) is 6.54 Å². The first kappa shape index (κ1) is 20.1. The average molecular weight is 414 g/mol. The quantitative estimate of drug-likeness (QED) is 0.720. The van der Waals surface area contributed by atoms with Gasteiger partial charge in [0.2, 0.25) is 11.8 Å². The fourth-order valence-electron chi connectivity index (χ4n) is 7.13. The first-order valence-electron chi connectivity index (χ1n) is 11.9. The minimum atomic E-state index is -0.195. The second-order valence-corrected chi connectivity index (χ2v) is 10.3. The predicted molar refractivity (Wildman–Crippen MR) is 113 cm³/mol. The molecule has 1 atom stereocenters. The molecular formula is C24H35N3O3. The van der Waals surface area contributed by atoms with Crippen LogP contribution in [0.3, 0.4) is 0 Å². The summed E-state index contributed by atoms with van der Waals surface area (Å²) in [7, 11) is 0. The van der Waals surface area contributed by atoms with Crippen LogP contribution in [0.1, 0.15) is 69.6 Å². The third kappa shape index (κ3) is 4.03. The molecule has 2 heterocycles. The monoisotopic (exact) mass is 413 g/mol. The molecule has 2 N–H and O–H groups in total. The van der Waals surface area contributed by atoms with Gasteiger partial charge in [-0.25, -0.2) is 0 Å². The summed E-state index contributed by atoms with van der Waals surface area (Å²) in [6, 6.07) is 3.95. The van der Waals surface area contributed by atoms with Gasteiger partial charge in [0.05, 0.1) is 18.8 Å². The Kier molecular flexibility index (Phi) is 5.61. The molecule has 4 aliphatic carbocycles. The van der Waals surface area contributed by atoms with Crippen molar-refractivity contribution in [2.75, 3.05) is 26.2 Å². The van der Waals surface area contributed by atoms with E-state index in [1.165, 1.54) is 38.5 Å². The first-order chi connectivity index (χ1) is 14.6. The zero-order valence-electron chi connectivity index (χ0n) is 17.9. The number of nitrogens with zero attached hydrogens (tertiary/aromatic N) is 1. The lowest BCUT2D eigenvalue weighted by Crippen LogP contribution is -2.54. The number of amides is 2. The molecule has 6 rings (SSSR count). The maximum atomic E-state index is 13.1. The summed E-state index contributed by atoms with van der Waals surface area (Å²) in [5.74, 6) is 3.10. The van der Waals surface area contributed by atoms with E-state index < -0.39 is 0 Å². The molecule has 164 valence electrons. The first-order valence-corrected chi connectivity index (χ1v) is 11.9. The van der Waals surface area contributed by atoms with Crippen molar-refractivity contribution >= 4 is 11.8 Å². The minimum absolute atomic E-state index is 0.0584. The Morgan fingerprint density at radius 3 is 2.30 bits per heavy atom. The van der Waals surface area contributed by atoms with Crippen molar-refractivity contribution in [3.05, 3.63) is 24.2 Å². The number of carbonyl (C=O) groups is 2. The van der Waals surface area contributed by atoms with Crippen molar-refractivity contribution in [3.63, 3.8) is 0 Å². The molecule has 1 aliphatic heterocycles. The minimum Gasteiger partial charge on any atom is -0.468 e. The molecule has 30 heavy (non-hydrogen) atoms. The summed E-state index contributed by atoms with van der Waals surface area (Å²) >= 11 is 0. The fourth-order valence-corrected chi connectivity index (χ4v) is 7.13. The number of rotatable bonds is 7. The van der Waals surface area contributed by atoms with Crippen LogP contribution in [0.15, 0.2) is 22.8 Å². The highest BCUT2D eigenvalue weighted by molar-refractivity contribution is 5.88. The van der Waals surface area contributed by atoms with Gasteiger partial charge in [-0.3, -0.25) is 14.5 Å². The molecule has 4 bridgehead atoms. The lowest BCUT2D eigenvalue weighted by atomic mass is 9.49. The summed E-state index contributed by atoms with van der Waals surface area (Å²) in [5.41, 5.74) is -0.195. The van der Waals surface area contributed by atoms with Crippen molar-refractivity contribution in [1.29, 1.82) is 0 Å². The van der Waals surface area contributed by atoms with E-state index in [0.717, 1.165) is 55.9 Å². The molecular weight excluding hydrogens is 378 g/mol. The number of hydrogen-bond donors (Lipinski definition) is 2. The third-order valence-corrected chi connectivity index (χ3v) is 8.13. The van der Waals surface area contributed by atoms with Gasteiger partial charge in [-0.2, -0.15) is 0 Å². The van der Waals surface area contributed by atoms with Crippen LogP contribution < -0.4 is 10.6 Å². The highest BCUT2D eigenvalue weighted by atomic mass is 16.3. The van der Waals surface area contributed by atoms with Crippen molar-refractivity contribution < 1.29 is 14.0 Å². The number of likely N-dealkylation sites (tertiary alicyclic amines) is 1. The maximum absolute atomic E-state index is 13.1. The molecule has 2 amide bonds. The molecule has 4 saturated carbocycles. The van der Waals surface area contributed by atoms with E-state index in [1.807, 2.05) is 12.1 Å². The predicted octanol–water partition coefficient (Wildman–Crippen LogP) is 3.26. The summed E-state index contributed by atoms with van der Waals surface area (Å²) < 4.78 is 5.65. The lowest BCUT2D eigenvalue weighted by molar-refractivity contribution is -0.147. The van der Waals surface area contributed by atoms with Gasteiger partial charge in [0.1, 0.15) is 5.76 Å². The Balaban J connectivity index is 1.14. The van der Waals surface area contributed by atoms with E-state index in [2.05, 4.69) is 15.5 Å². The van der Waals surface area contributed by atoms with E-state index in [4.69, 9.17) is 4.42 Å². The van der Waals surface area contributed by atoms with Gasteiger partial charge >= 0.3 is 0 Å². The van der Waals surface area contributed by atoms with Crippen molar-refractivity contribution in [3.8, 4) is 0 Å². The normalized spacial score (nSPS) is 33.9. The second kappa shape index (κ2) is 8.37. The third-order valence-electron chi connectivity index (χ3n) is 8.13. The van der Waals surface area contributed by atoms with Crippen LogP contribution in [0.25, 0.3) is 0 Å². The highest BCUT2D eigenvalue weighted by Crippen LogP contribution is 2.60. The largest absolute Gasteiger partial charge is 0.468 e. The number of hydrogen-bond acceptors (Lipinski definition) is 4. The standard InChI is InChI=1S/C24H35N3O3/c28-22(25-15-20(21-5-4-8-30-21)27-6-2-1-3-7-27)16-26-23(29)24-12-17-9-18(13-24)11-19(10-17)14-24/h4-5,8,17-20H,1-3,6-7,9-16H2,(H,25,28)(H,26,29). The molecule has 6 heteroatoms. The molecule has 5 aliphatic rings. The smallest absolute Gasteiger partial charge is 0.239 e. The Bertz CT molecular complexity index is 718. The Hall–Kier alpha value is -1.82. The zero-order valence-corrected chi connectivity index (χ0v) is 17.9. The maximum Gasteiger partial charge on any atom is 0.239 e. The van der Waals surface area contributed by atoms with Crippen LogP contribution in [0.5, 0.6) is 0 Å². The summed E-state index contributed by atoms with van der Waals surface area (Å²) in [6.45, 7) is 2.65. The molecule has 0 spiro atoms. The Morgan fingerprint density at radius 1 is 1.03 bits per heavy atom. The van der Waals surface area contributed by atoms with Crippen LogP contribution in [0, 0.1) is 23.2 Å². The molecule has 1 saturated heterocycles. The van der Waals surface area contributed by atoms with E-state index in [1.54, 1.807) is 6.26 Å². The highest BCUT2D eigenvalue weighted by Gasteiger charge is 2.54. The molecule has 0 radical (unpaired) electrons. The number of furan rings is 1. The van der Waals surface area contributed by atoms with Crippen LogP contribution in [0.4, 0.5) is 0 Å². The molecule has 5 fully saturated rings. The van der Waals surface area contributed by atoms with E-state index >= 15 is 0 Å². The number of piperidine rings is 1. The second-order valence-electron chi connectivity index (χ2n) is 10.3. The SMILES string of the molecule is O=C(CNC(=O)C12CC3CC(CC(C3)C1)C2)NCC(c1ccco1)N1CCCCC1. The van der Waals surface area contributed by atoms with Crippen LogP contribution in [-0.4, -0.2) is 42.9 Å². The van der Waals surface area contributed by atoms with Gasteiger partial charge < -0.3 is 15.1 Å². The topological polar surface area (TPSA) is 74.6 Å². The van der Waals surface area contributed by atoms with Gasteiger partial charge in [0.25, 0.3) is 0 Å². The Labute approximate surface area is 179 Å². The lowest BCUT2D eigenvalue weighted by Gasteiger charge is -2.55. The molecule has 0 aromatic carbocycles. The molecule has 1 unspecified atom stereocenters. The van der Waals surface area contributed by atoms with Crippen LogP contribution in [0.2, 0.25) is 0 Å². The van der Waals surface area contributed by atoms with Gasteiger partial charge in [-0.1, -0.05) is 6.42 Å². The zero-order chi connectivity index (χ0) is 20.6. The van der Waals surface area contributed by atoms with E-state index in [9.17, 15) is 9.59 Å². The van der Waals surface area contributed by atoms with Crippen LogP contribution in [-0.2, 0) is 9.59 Å². The summed E-state index contributed by atoms with van der Waals surface area (Å²) in [6.07, 6.45) is 12.4. The van der Waals surface area contributed by atoms with Gasteiger partial charge in [0.15, 0.2) is 0 Å².